The van der Waals surface area contributed by atoms with Crippen LogP contribution >= 0.6 is 24.0 Å². The maximum absolute atomic E-state index is 5.46. The highest BCUT2D eigenvalue weighted by Gasteiger charge is 2.28. The number of nitrogens with zero attached hydrogens (tertiary/aromatic N) is 4. The minimum Gasteiger partial charge on any atom is -0.461 e. The Bertz CT molecular complexity index is 740. The predicted octanol–water partition coefficient (Wildman–Crippen LogP) is 1.89. The van der Waals surface area contributed by atoms with Crippen LogP contribution in [0.5, 0.6) is 0 Å². The average molecular weight is 517 g/mol. The number of morpholine rings is 1. The number of guanidine groups is 1. The number of hydrogen-bond donors (Lipinski definition) is 3. The van der Waals surface area contributed by atoms with Crippen LogP contribution in [0.15, 0.2) is 27.8 Å². The van der Waals surface area contributed by atoms with E-state index in [-0.39, 0.29) is 29.5 Å². The number of rotatable bonds is 8. The number of ether oxygens (including phenoxy) is 1. The Morgan fingerprint density at radius 1 is 1.31 bits per heavy atom. The van der Waals surface area contributed by atoms with Gasteiger partial charge in [-0.25, -0.2) is 4.98 Å². The Morgan fingerprint density at radius 2 is 2.10 bits per heavy atom. The van der Waals surface area contributed by atoms with Gasteiger partial charge in [-0.15, -0.1) is 24.0 Å². The molecule has 0 bridgehead atoms. The molecule has 1 saturated heterocycles. The van der Waals surface area contributed by atoms with Gasteiger partial charge in [0.15, 0.2) is 11.7 Å². The highest BCUT2D eigenvalue weighted by Crippen LogP contribution is 2.16. The van der Waals surface area contributed by atoms with Gasteiger partial charge in [0.2, 0.25) is 5.82 Å². The third-order valence-corrected chi connectivity index (χ3v) is 4.76. The zero-order chi connectivity index (χ0) is 19.8. The Hall–Kier alpha value is -1.66. The molecule has 2 aromatic heterocycles. The second kappa shape index (κ2) is 11.5. The summed E-state index contributed by atoms with van der Waals surface area (Å²) in [7, 11) is 0. The van der Waals surface area contributed by atoms with Crippen molar-refractivity contribution in [1.82, 2.24) is 30.7 Å². The molecule has 1 fully saturated rings. The SMILES string of the molecule is CCNC(=NCC(C)(C)N1CCOCC1)NCCc1nc(-c2ccco2)n[nH]1.I. The maximum atomic E-state index is 5.46. The first kappa shape index (κ1) is 23.6. The van der Waals surface area contributed by atoms with Gasteiger partial charge in [-0.2, -0.15) is 5.10 Å². The quantitative estimate of drug-likeness (QED) is 0.279. The molecule has 29 heavy (non-hydrogen) atoms. The number of aromatic nitrogens is 3. The summed E-state index contributed by atoms with van der Waals surface area (Å²) in [5.41, 5.74) is -0.00496. The Morgan fingerprint density at radius 3 is 2.79 bits per heavy atom. The van der Waals surface area contributed by atoms with Crippen LogP contribution in [0.25, 0.3) is 11.6 Å². The lowest BCUT2D eigenvalue weighted by Gasteiger charge is -2.39. The first-order valence-corrected chi connectivity index (χ1v) is 9.88. The lowest BCUT2D eigenvalue weighted by molar-refractivity contribution is -0.00683. The topological polar surface area (TPSA) is 104 Å². The third kappa shape index (κ3) is 6.96. The molecule has 0 unspecified atom stereocenters. The molecule has 9 nitrogen and oxygen atoms in total. The van der Waals surface area contributed by atoms with Gasteiger partial charge in [0.05, 0.1) is 26.0 Å². The molecule has 162 valence electrons. The minimum absolute atomic E-state index is 0. The van der Waals surface area contributed by atoms with Crippen molar-refractivity contribution in [2.24, 2.45) is 4.99 Å². The highest BCUT2D eigenvalue weighted by molar-refractivity contribution is 14.0. The zero-order valence-corrected chi connectivity index (χ0v) is 19.7. The van der Waals surface area contributed by atoms with Crippen LogP contribution < -0.4 is 10.6 Å². The molecule has 3 heterocycles. The van der Waals surface area contributed by atoms with Gasteiger partial charge in [0.1, 0.15) is 5.82 Å². The molecular weight excluding hydrogens is 485 g/mol. The second-order valence-electron chi connectivity index (χ2n) is 7.37. The van der Waals surface area contributed by atoms with Gasteiger partial charge in [-0.05, 0) is 32.9 Å². The molecule has 3 N–H and O–H groups in total. The van der Waals surface area contributed by atoms with Crippen molar-refractivity contribution in [3.05, 3.63) is 24.2 Å². The van der Waals surface area contributed by atoms with E-state index < -0.39 is 0 Å². The van der Waals surface area contributed by atoms with Gasteiger partial charge in [0.25, 0.3) is 0 Å². The third-order valence-electron chi connectivity index (χ3n) is 4.76. The summed E-state index contributed by atoms with van der Waals surface area (Å²) in [4.78, 5) is 11.7. The summed E-state index contributed by atoms with van der Waals surface area (Å²) >= 11 is 0. The van der Waals surface area contributed by atoms with Crippen molar-refractivity contribution in [2.75, 3.05) is 45.9 Å². The van der Waals surface area contributed by atoms with E-state index in [4.69, 9.17) is 14.1 Å². The second-order valence-corrected chi connectivity index (χ2v) is 7.37. The number of H-pyrrole nitrogens is 1. The van der Waals surface area contributed by atoms with Crippen molar-refractivity contribution < 1.29 is 9.15 Å². The fourth-order valence-electron chi connectivity index (χ4n) is 3.11. The smallest absolute Gasteiger partial charge is 0.216 e. The Kier molecular flexibility index (Phi) is 9.37. The lowest BCUT2D eigenvalue weighted by Crippen LogP contribution is -2.52. The molecule has 0 aromatic carbocycles. The zero-order valence-electron chi connectivity index (χ0n) is 17.4. The minimum atomic E-state index is -0.00496. The first-order valence-electron chi connectivity index (χ1n) is 9.88. The van der Waals surface area contributed by atoms with Crippen LogP contribution in [-0.4, -0.2) is 77.5 Å². The summed E-state index contributed by atoms with van der Waals surface area (Å²) in [6.45, 7) is 12.3. The Balaban J connectivity index is 0.00000300. The molecule has 1 aliphatic heterocycles. The van der Waals surface area contributed by atoms with Gasteiger partial charge in [0, 0.05) is 38.1 Å². The van der Waals surface area contributed by atoms with E-state index in [2.05, 4.69) is 51.5 Å². The van der Waals surface area contributed by atoms with E-state index in [1.807, 2.05) is 12.1 Å². The molecule has 0 atom stereocenters. The summed E-state index contributed by atoms with van der Waals surface area (Å²) < 4.78 is 10.8. The standard InChI is InChI=1S/C19H31N7O2.HI/c1-4-20-18(22-14-19(2,3)26-9-12-27-13-10-26)21-8-7-16-23-17(25-24-16)15-6-5-11-28-15;/h5-6,11H,4,7-10,12-14H2,1-3H3,(H2,20,21,22)(H,23,24,25);1H. The van der Waals surface area contributed by atoms with Crippen LogP contribution in [0.1, 0.15) is 26.6 Å². The summed E-state index contributed by atoms with van der Waals surface area (Å²) in [5.74, 6) is 2.86. The molecule has 2 aromatic rings. The van der Waals surface area contributed by atoms with Crippen molar-refractivity contribution in [3.8, 4) is 11.6 Å². The highest BCUT2D eigenvalue weighted by atomic mass is 127. The van der Waals surface area contributed by atoms with Gasteiger partial charge in [-0.1, -0.05) is 0 Å². The Labute approximate surface area is 189 Å². The summed E-state index contributed by atoms with van der Waals surface area (Å²) in [5, 5.41) is 13.8. The average Bonchev–Trinajstić information content (AvgIpc) is 3.39. The molecule has 10 heteroatoms. The van der Waals surface area contributed by atoms with E-state index in [1.54, 1.807) is 6.26 Å². The van der Waals surface area contributed by atoms with Crippen molar-refractivity contribution in [1.29, 1.82) is 0 Å². The van der Waals surface area contributed by atoms with Crippen molar-refractivity contribution >= 4 is 29.9 Å². The molecule has 0 amide bonds. The van der Waals surface area contributed by atoms with E-state index in [1.165, 1.54) is 0 Å². The molecule has 1 aliphatic rings. The van der Waals surface area contributed by atoms with Crippen LogP contribution in [0.3, 0.4) is 0 Å². The van der Waals surface area contributed by atoms with Gasteiger partial charge in [-0.3, -0.25) is 15.0 Å². The summed E-state index contributed by atoms with van der Waals surface area (Å²) in [6.07, 6.45) is 2.33. The predicted molar refractivity (Wildman–Crippen MR) is 124 cm³/mol. The maximum Gasteiger partial charge on any atom is 0.216 e. The fourth-order valence-corrected chi connectivity index (χ4v) is 3.11. The molecule has 0 aliphatic carbocycles. The van der Waals surface area contributed by atoms with Crippen LogP contribution in [-0.2, 0) is 11.2 Å². The van der Waals surface area contributed by atoms with Crippen LogP contribution in [0.4, 0.5) is 0 Å². The van der Waals surface area contributed by atoms with Crippen LogP contribution in [0.2, 0.25) is 0 Å². The summed E-state index contributed by atoms with van der Waals surface area (Å²) in [6, 6.07) is 3.67. The van der Waals surface area contributed by atoms with Crippen molar-refractivity contribution in [3.63, 3.8) is 0 Å². The number of aliphatic imine (C=N–C) groups is 1. The van der Waals surface area contributed by atoms with E-state index >= 15 is 0 Å². The molecule has 0 radical (unpaired) electrons. The van der Waals surface area contributed by atoms with Crippen LogP contribution in [0, 0.1) is 0 Å². The van der Waals surface area contributed by atoms with E-state index in [9.17, 15) is 0 Å². The monoisotopic (exact) mass is 517 g/mol. The number of nitrogens with one attached hydrogen (secondary N) is 3. The number of hydrogen-bond acceptors (Lipinski definition) is 6. The molecular formula is C19H32IN7O2. The van der Waals surface area contributed by atoms with E-state index in [0.717, 1.165) is 44.6 Å². The van der Waals surface area contributed by atoms with Gasteiger partial charge >= 0.3 is 0 Å². The first-order chi connectivity index (χ1) is 13.6. The molecule has 3 rings (SSSR count). The van der Waals surface area contributed by atoms with Crippen molar-refractivity contribution in [2.45, 2.75) is 32.7 Å². The molecule has 0 spiro atoms. The molecule has 0 saturated carbocycles. The largest absolute Gasteiger partial charge is 0.461 e. The van der Waals surface area contributed by atoms with E-state index in [0.29, 0.717) is 31.1 Å². The van der Waals surface area contributed by atoms with Gasteiger partial charge < -0.3 is 19.8 Å². The number of aromatic amines is 1. The number of halogens is 1. The lowest BCUT2D eigenvalue weighted by atomic mass is 10.0. The fraction of sp³-hybridized carbons (Fsp3) is 0.632. The number of furan rings is 1. The normalized spacial score (nSPS) is 15.8.